The first-order valence-corrected chi connectivity index (χ1v) is 3.54. The predicted molar refractivity (Wildman–Crippen MR) is 44.6 cm³/mol. The van der Waals surface area contributed by atoms with Crippen LogP contribution in [0, 0.1) is 5.41 Å². The minimum absolute atomic E-state index is 0.0837. The quantitative estimate of drug-likeness (QED) is 0.516. The monoisotopic (exact) mass is 180 g/mol. The number of nitrogen functional groups attached to an aromatic ring is 1. The molecule has 0 bridgehead atoms. The third-order valence-corrected chi connectivity index (χ3v) is 1.67. The summed E-state index contributed by atoms with van der Waals surface area (Å²) in [6.45, 7) is 0. The zero-order chi connectivity index (χ0) is 9.42. The molecule has 0 radical (unpaired) electrons. The van der Waals surface area contributed by atoms with Crippen molar-refractivity contribution < 1.29 is 4.84 Å². The summed E-state index contributed by atoms with van der Waals surface area (Å²) in [5, 5.41) is 7.43. The molecule has 13 heavy (non-hydrogen) atoms. The third-order valence-electron chi connectivity index (χ3n) is 1.67. The second-order valence-electron chi connectivity index (χ2n) is 2.40. The number of aromatic nitrogens is 4. The molecular formula is C6H8N6O. The van der Waals surface area contributed by atoms with Gasteiger partial charge in [-0.25, -0.2) is 4.98 Å². The number of nitrogens with one attached hydrogen (secondary N) is 2. The number of hydrogen-bond donors (Lipinski definition) is 3. The molecule has 2 aromatic heterocycles. The molecule has 0 saturated carbocycles. The summed E-state index contributed by atoms with van der Waals surface area (Å²) in [5.74, 6) is 0.241. The fourth-order valence-electron chi connectivity index (χ4n) is 1.12. The highest BCUT2D eigenvalue weighted by Crippen LogP contribution is 2.09. The maximum absolute atomic E-state index is 7.43. The van der Waals surface area contributed by atoms with Crippen molar-refractivity contribution in [2.24, 2.45) is 0 Å². The van der Waals surface area contributed by atoms with Crippen molar-refractivity contribution in [1.29, 1.82) is 5.41 Å². The SMILES string of the molecule is COn1c(=N)nc(N)c2[nH]cnc21. The summed E-state index contributed by atoms with van der Waals surface area (Å²) in [7, 11) is 1.43. The largest absolute Gasteiger partial charge is 0.412 e. The Bertz CT molecular complexity index is 497. The van der Waals surface area contributed by atoms with Crippen molar-refractivity contribution >= 4 is 17.0 Å². The first kappa shape index (κ1) is 7.59. The van der Waals surface area contributed by atoms with Crippen LogP contribution in [0.4, 0.5) is 5.82 Å². The molecule has 0 aliphatic heterocycles. The van der Waals surface area contributed by atoms with Crippen LogP contribution in [0.2, 0.25) is 0 Å². The van der Waals surface area contributed by atoms with Crippen LogP contribution in [0.5, 0.6) is 0 Å². The highest BCUT2D eigenvalue weighted by Gasteiger charge is 2.08. The van der Waals surface area contributed by atoms with Gasteiger partial charge >= 0.3 is 0 Å². The Morgan fingerprint density at radius 3 is 3.15 bits per heavy atom. The number of anilines is 1. The van der Waals surface area contributed by atoms with Crippen LogP contribution in [0.25, 0.3) is 11.2 Å². The van der Waals surface area contributed by atoms with Gasteiger partial charge < -0.3 is 15.6 Å². The maximum atomic E-state index is 7.43. The van der Waals surface area contributed by atoms with Crippen LogP contribution in [0.15, 0.2) is 6.33 Å². The van der Waals surface area contributed by atoms with Gasteiger partial charge in [0.25, 0.3) is 5.62 Å². The number of aromatic amines is 1. The molecular weight excluding hydrogens is 172 g/mol. The lowest BCUT2D eigenvalue weighted by atomic mass is 10.5. The molecule has 0 saturated heterocycles. The van der Waals surface area contributed by atoms with Gasteiger partial charge in [-0.1, -0.05) is 0 Å². The van der Waals surface area contributed by atoms with Gasteiger partial charge in [0.05, 0.1) is 6.33 Å². The van der Waals surface area contributed by atoms with Gasteiger partial charge in [-0.15, -0.1) is 4.73 Å². The second-order valence-corrected chi connectivity index (χ2v) is 2.40. The summed E-state index contributed by atoms with van der Waals surface area (Å²) < 4.78 is 1.18. The Balaban J connectivity index is 2.97. The number of hydrogen-bond acceptors (Lipinski definition) is 5. The molecule has 0 amide bonds. The highest BCUT2D eigenvalue weighted by atomic mass is 16.6. The molecule has 2 aromatic rings. The second kappa shape index (κ2) is 2.47. The number of nitrogens with two attached hydrogens (primary N) is 1. The van der Waals surface area contributed by atoms with E-state index in [2.05, 4.69) is 15.0 Å². The molecule has 0 aliphatic carbocycles. The molecule has 68 valence electrons. The van der Waals surface area contributed by atoms with Crippen molar-refractivity contribution in [3.05, 3.63) is 11.9 Å². The summed E-state index contributed by atoms with van der Waals surface area (Å²) in [4.78, 5) is 15.4. The topological polar surface area (TPSA) is 106 Å². The molecule has 0 fully saturated rings. The number of imidazole rings is 1. The molecule has 0 spiro atoms. The lowest BCUT2D eigenvalue weighted by molar-refractivity contribution is 0.159. The fraction of sp³-hybridized carbons (Fsp3) is 0.167. The zero-order valence-corrected chi connectivity index (χ0v) is 6.90. The van der Waals surface area contributed by atoms with E-state index in [0.717, 1.165) is 0 Å². The maximum Gasteiger partial charge on any atom is 0.260 e. The average Bonchev–Trinajstić information content (AvgIpc) is 2.53. The van der Waals surface area contributed by atoms with Gasteiger partial charge in [-0.3, -0.25) is 5.41 Å². The van der Waals surface area contributed by atoms with Crippen LogP contribution >= 0.6 is 0 Å². The zero-order valence-electron chi connectivity index (χ0n) is 6.90. The van der Waals surface area contributed by atoms with Gasteiger partial charge in [0.15, 0.2) is 5.82 Å². The molecule has 2 rings (SSSR count). The molecule has 0 aliphatic rings. The lowest BCUT2D eigenvalue weighted by Gasteiger charge is -2.04. The van der Waals surface area contributed by atoms with E-state index in [0.29, 0.717) is 11.2 Å². The predicted octanol–water partition coefficient (Wildman–Crippen LogP) is -1.12. The Hall–Kier alpha value is -2.05. The normalized spacial score (nSPS) is 10.5. The number of rotatable bonds is 1. The molecule has 0 aromatic carbocycles. The van der Waals surface area contributed by atoms with E-state index < -0.39 is 0 Å². The summed E-state index contributed by atoms with van der Waals surface area (Å²) >= 11 is 0. The average molecular weight is 180 g/mol. The summed E-state index contributed by atoms with van der Waals surface area (Å²) in [5.41, 5.74) is 6.50. The number of H-pyrrole nitrogens is 1. The Morgan fingerprint density at radius 2 is 2.46 bits per heavy atom. The minimum atomic E-state index is -0.0837. The molecule has 2 heterocycles. The van der Waals surface area contributed by atoms with E-state index in [1.165, 1.54) is 18.2 Å². The standard InChI is InChI=1S/C6H8N6O/c1-13-12-5-3(9-2-10-5)4(7)11-6(12)8/h2H,1H3,(H,9,10)(H3,7,8,11). The van der Waals surface area contributed by atoms with Crippen LogP contribution < -0.4 is 16.2 Å². The number of nitrogens with zero attached hydrogens (tertiary/aromatic N) is 3. The first-order valence-electron chi connectivity index (χ1n) is 3.54. The first-order chi connectivity index (χ1) is 6.24. The van der Waals surface area contributed by atoms with Gasteiger partial charge in [0.1, 0.15) is 12.6 Å². The van der Waals surface area contributed by atoms with Crippen molar-refractivity contribution in [1.82, 2.24) is 19.7 Å². The van der Waals surface area contributed by atoms with E-state index in [4.69, 9.17) is 16.0 Å². The van der Waals surface area contributed by atoms with Crippen LogP contribution in [-0.4, -0.2) is 26.8 Å². The van der Waals surface area contributed by atoms with Crippen molar-refractivity contribution in [3.63, 3.8) is 0 Å². The van der Waals surface area contributed by atoms with E-state index in [1.807, 2.05) is 0 Å². The molecule has 7 nitrogen and oxygen atoms in total. The van der Waals surface area contributed by atoms with Gasteiger partial charge in [-0.2, -0.15) is 4.98 Å². The minimum Gasteiger partial charge on any atom is -0.412 e. The van der Waals surface area contributed by atoms with Crippen molar-refractivity contribution in [3.8, 4) is 0 Å². The Labute approximate surface area is 72.6 Å². The van der Waals surface area contributed by atoms with Crippen LogP contribution in [-0.2, 0) is 0 Å². The number of fused-ring (bicyclic) bond motifs is 1. The van der Waals surface area contributed by atoms with Crippen LogP contribution in [0.1, 0.15) is 0 Å². The third kappa shape index (κ3) is 0.934. The highest BCUT2D eigenvalue weighted by molar-refractivity contribution is 5.80. The molecule has 0 atom stereocenters. The summed E-state index contributed by atoms with van der Waals surface area (Å²) in [6, 6.07) is 0. The van der Waals surface area contributed by atoms with Gasteiger partial charge in [-0.05, 0) is 0 Å². The van der Waals surface area contributed by atoms with E-state index in [9.17, 15) is 0 Å². The van der Waals surface area contributed by atoms with Gasteiger partial charge in [0, 0.05) is 0 Å². The fourth-order valence-corrected chi connectivity index (χ4v) is 1.12. The smallest absolute Gasteiger partial charge is 0.260 e. The van der Waals surface area contributed by atoms with E-state index in [1.54, 1.807) is 0 Å². The van der Waals surface area contributed by atoms with Crippen molar-refractivity contribution in [2.45, 2.75) is 0 Å². The van der Waals surface area contributed by atoms with E-state index in [-0.39, 0.29) is 11.4 Å². The molecule has 7 heteroatoms. The lowest BCUT2D eigenvalue weighted by Crippen LogP contribution is -2.28. The summed E-state index contributed by atoms with van der Waals surface area (Å²) in [6.07, 6.45) is 1.47. The molecule has 0 unspecified atom stereocenters. The Morgan fingerprint density at radius 1 is 1.69 bits per heavy atom. The van der Waals surface area contributed by atoms with E-state index >= 15 is 0 Å². The molecule has 4 N–H and O–H groups in total. The van der Waals surface area contributed by atoms with Crippen LogP contribution in [0.3, 0.4) is 0 Å². The van der Waals surface area contributed by atoms with Gasteiger partial charge in [0.2, 0.25) is 5.65 Å². The van der Waals surface area contributed by atoms with Crippen molar-refractivity contribution in [2.75, 3.05) is 12.8 Å². The Kier molecular flexibility index (Phi) is 1.44.